The van der Waals surface area contributed by atoms with Crippen LogP contribution in [0.5, 0.6) is 0 Å². The number of nitrogens with one attached hydrogen (secondary N) is 1. The maximum Gasteiger partial charge on any atom is 0.417 e. The molecule has 0 bridgehead atoms. The average Bonchev–Trinajstić information content (AvgIpc) is 2.36. The molecule has 1 aromatic rings. The first-order chi connectivity index (χ1) is 9.64. The quantitative estimate of drug-likeness (QED) is 0.879. The standard InChI is InChI=1S/C14H16F3NO3/c1-8(2)10(13(20)21)7-18-12(19)9-5-3-4-6-11(9)14(15,16)17/h3-6,8,10H,7H2,1-2H3,(H,18,19)(H,20,21). The largest absolute Gasteiger partial charge is 0.481 e. The second-order valence-electron chi connectivity index (χ2n) is 4.94. The SMILES string of the molecule is CC(C)C(CNC(=O)c1ccccc1C(F)(F)F)C(=O)O. The summed E-state index contributed by atoms with van der Waals surface area (Å²) < 4.78 is 38.4. The monoisotopic (exact) mass is 303 g/mol. The molecule has 1 unspecified atom stereocenters. The van der Waals surface area contributed by atoms with Crippen molar-refractivity contribution >= 4 is 11.9 Å². The molecule has 2 N–H and O–H groups in total. The van der Waals surface area contributed by atoms with Gasteiger partial charge in [0, 0.05) is 6.54 Å². The number of amides is 1. The predicted molar refractivity (Wildman–Crippen MR) is 69.7 cm³/mol. The molecule has 7 heteroatoms. The number of carbonyl (C=O) groups excluding carboxylic acids is 1. The molecule has 0 aliphatic carbocycles. The fraction of sp³-hybridized carbons (Fsp3) is 0.429. The van der Waals surface area contributed by atoms with Gasteiger partial charge in [0.15, 0.2) is 0 Å². The van der Waals surface area contributed by atoms with Gasteiger partial charge >= 0.3 is 12.1 Å². The van der Waals surface area contributed by atoms with E-state index < -0.39 is 35.1 Å². The van der Waals surface area contributed by atoms with Crippen molar-refractivity contribution < 1.29 is 27.9 Å². The van der Waals surface area contributed by atoms with Crippen molar-refractivity contribution in [3.8, 4) is 0 Å². The third-order valence-electron chi connectivity index (χ3n) is 3.08. The summed E-state index contributed by atoms with van der Waals surface area (Å²) >= 11 is 0. The summed E-state index contributed by atoms with van der Waals surface area (Å²) in [4.78, 5) is 22.8. The predicted octanol–water partition coefficient (Wildman–Crippen LogP) is 2.79. The lowest BCUT2D eigenvalue weighted by Gasteiger charge is -2.18. The van der Waals surface area contributed by atoms with E-state index in [9.17, 15) is 22.8 Å². The van der Waals surface area contributed by atoms with E-state index in [1.807, 2.05) is 0 Å². The molecule has 1 atom stereocenters. The molecule has 4 nitrogen and oxygen atoms in total. The Hall–Kier alpha value is -2.05. The molecule has 21 heavy (non-hydrogen) atoms. The molecule has 0 aromatic heterocycles. The number of rotatable bonds is 5. The molecule has 0 aliphatic rings. The van der Waals surface area contributed by atoms with Crippen molar-refractivity contribution in [3.63, 3.8) is 0 Å². The van der Waals surface area contributed by atoms with Crippen LogP contribution in [-0.2, 0) is 11.0 Å². The van der Waals surface area contributed by atoms with Crippen molar-refractivity contribution in [3.05, 3.63) is 35.4 Å². The maximum absolute atomic E-state index is 12.8. The van der Waals surface area contributed by atoms with E-state index in [4.69, 9.17) is 5.11 Å². The van der Waals surface area contributed by atoms with Crippen molar-refractivity contribution in [1.29, 1.82) is 0 Å². The van der Waals surface area contributed by atoms with Gasteiger partial charge in [-0.15, -0.1) is 0 Å². The van der Waals surface area contributed by atoms with Crippen molar-refractivity contribution in [2.75, 3.05) is 6.54 Å². The zero-order chi connectivity index (χ0) is 16.2. The first-order valence-electron chi connectivity index (χ1n) is 6.31. The molecule has 0 heterocycles. The van der Waals surface area contributed by atoms with Crippen molar-refractivity contribution in [1.82, 2.24) is 5.32 Å². The number of hydrogen-bond donors (Lipinski definition) is 2. The zero-order valence-electron chi connectivity index (χ0n) is 11.6. The molecule has 0 aliphatic heterocycles. The van der Waals surface area contributed by atoms with E-state index in [1.165, 1.54) is 12.1 Å². The number of aliphatic carboxylic acids is 1. The first-order valence-corrected chi connectivity index (χ1v) is 6.31. The van der Waals surface area contributed by atoms with Crippen LogP contribution < -0.4 is 5.32 Å². The third-order valence-corrected chi connectivity index (χ3v) is 3.08. The fourth-order valence-corrected chi connectivity index (χ4v) is 1.83. The minimum Gasteiger partial charge on any atom is -0.481 e. The Morgan fingerprint density at radius 3 is 2.29 bits per heavy atom. The highest BCUT2D eigenvalue weighted by molar-refractivity contribution is 5.96. The second kappa shape index (κ2) is 6.60. The Balaban J connectivity index is 2.89. The summed E-state index contributed by atoms with van der Waals surface area (Å²) in [5.74, 6) is -3.14. The van der Waals surface area contributed by atoms with Gasteiger partial charge in [0.2, 0.25) is 0 Å². The van der Waals surface area contributed by atoms with E-state index in [0.29, 0.717) is 0 Å². The van der Waals surface area contributed by atoms with E-state index in [0.717, 1.165) is 12.1 Å². The second-order valence-corrected chi connectivity index (χ2v) is 4.94. The average molecular weight is 303 g/mol. The van der Waals surface area contributed by atoms with Gasteiger partial charge in [-0.25, -0.2) is 0 Å². The van der Waals surface area contributed by atoms with Crippen LogP contribution in [0.25, 0.3) is 0 Å². The minimum atomic E-state index is -4.64. The zero-order valence-corrected chi connectivity index (χ0v) is 11.6. The number of carbonyl (C=O) groups is 2. The van der Waals surface area contributed by atoms with Crippen molar-refractivity contribution in [2.45, 2.75) is 20.0 Å². The Bertz CT molecular complexity index is 526. The molecule has 0 spiro atoms. The molecule has 1 amide bonds. The van der Waals surface area contributed by atoms with E-state index in [2.05, 4.69) is 5.32 Å². The van der Waals surface area contributed by atoms with Crippen LogP contribution >= 0.6 is 0 Å². The van der Waals surface area contributed by atoms with Gasteiger partial charge in [0.25, 0.3) is 5.91 Å². The summed E-state index contributed by atoms with van der Waals surface area (Å²) in [6.07, 6.45) is -4.64. The highest BCUT2D eigenvalue weighted by Crippen LogP contribution is 2.31. The van der Waals surface area contributed by atoms with Gasteiger partial charge in [-0.3, -0.25) is 9.59 Å². The van der Waals surface area contributed by atoms with Crippen LogP contribution in [0.3, 0.4) is 0 Å². The lowest BCUT2D eigenvalue weighted by Crippen LogP contribution is -2.36. The third kappa shape index (κ3) is 4.47. The number of hydrogen-bond acceptors (Lipinski definition) is 2. The molecule has 1 aromatic carbocycles. The van der Waals surface area contributed by atoms with Crippen LogP contribution in [0.4, 0.5) is 13.2 Å². The molecule has 0 fully saturated rings. The molecule has 0 saturated heterocycles. The number of carboxylic acid groups (broad SMARTS) is 1. The minimum absolute atomic E-state index is 0.224. The Morgan fingerprint density at radius 1 is 1.24 bits per heavy atom. The summed E-state index contributed by atoms with van der Waals surface area (Å²) in [6, 6.07) is 4.38. The summed E-state index contributed by atoms with van der Waals surface area (Å²) in [6.45, 7) is 3.10. The normalized spacial score (nSPS) is 13.0. The number of benzene rings is 1. The number of carboxylic acids is 1. The highest BCUT2D eigenvalue weighted by Gasteiger charge is 2.35. The summed E-state index contributed by atoms with van der Waals surface area (Å²) in [5, 5.41) is 11.2. The lowest BCUT2D eigenvalue weighted by molar-refractivity contribution is -0.143. The van der Waals surface area contributed by atoms with Gasteiger partial charge in [-0.1, -0.05) is 26.0 Å². The molecular weight excluding hydrogens is 287 g/mol. The van der Waals surface area contributed by atoms with Gasteiger partial charge in [0.1, 0.15) is 0 Å². The highest BCUT2D eigenvalue weighted by atomic mass is 19.4. The van der Waals surface area contributed by atoms with Crippen LogP contribution in [0.1, 0.15) is 29.8 Å². The lowest BCUT2D eigenvalue weighted by atomic mass is 9.96. The fourth-order valence-electron chi connectivity index (χ4n) is 1.83. The van der Waals surface area contributed by atoms with E-state index in [-0.39, 0.29) is 12.5 Å². The van der Waals surface area contributed by atoms with Crippen molar-refractivity contribution in [2.24, 2.45) is 11.8 Å². The Labute approximate surface area is 120 Å². The van der Waals surface area contributed by atoms with Gasteiger partial charge < -0.3 is 10.4 Å². The maximum atomic E-state index is 12.8. The topological polar surface area (TPSA) is 66.4 Å². The summed E-state index contributed by atoms with van der Waals surface area (Å²) in [5.41, 5.74) is -1.56. The van der Waals surface area contributed by atoms with Gasteiger partial charge in [-0.05, 0) is 18.1 Å². The van der Waals surface area contributed by atoms with Crippen LogP contribution in [0.15, 0.2) is 24.3 Å². The van der Waals surface area contributed by atoms with Crippen LogP contribution in [-0.4, -0.2) is 23.5 Å². The van der Waals surface area contributed by atoms with Gasteiger partial charge in [0.05, 0.1) is 17.0 Å². The Morgan fingerprint density at radius 2 is 1.81 bits per heavy atom. The smallest absolute Gasteiger partial charge is 0.417 e. The molecule has 1 rings (SSSR count). The molecular formula is C14H16F3NO3. The number of halogens is 3. The molecule has 0 saturated carbocycles. The first kappa shape index (κ1) is 17.0. The summed E-state index contributed by atoms with van der Waals surface area (Å²) in [7, 11) is 0. The van der Waals surface area contributed by atoms with E-state index in [1.54, 1.807) is 13.8 Å². The Kier molecular flexibility index (Phi) is 5.34. The van der Waals surface area contributed by atoms with E-state index >= 15 is 0 Å². The van der Waals surface area contributed by atoms with Crippen LogP contribution in [0, 0.1) is 11.8 Å². The van der Waals surface area contributed by atoms with Crippen LogP contribution in [0.2, 0.25) is 0 Å². The molecule has 0 radical (unpaired) electrons. The van der Waals surface area contributed by atoms with Gasteiger partial charge in [-0.2, -0.15) is 13.2 Å². The number of alkyl halides is 3. The molecule has 116 valence electrons.